The molecule has 7 heteroatoms. The number of benzene rings is 2. The summed E-state index contributed by atoms with van der Waals surface area (Å²) in [5.41, 5.74) is 13.9. The van der Waals surface area contributed by atoms with Crippen molar-refractivity contribution in [3.63, 3.8) is 0 Å². The highest BCUT2D eigenvalue weighted by Gasteiger charge is 2.36. The van der Waals surface area contributed by atoms with E-state index in [1.54, 1.807) is 29.6 Å². The lowest BCUT2D eigenvalue weighted by atomic mass is 9.98. The van der Waals surface area contributed by atoms with Crippen LogP contribution in [0.2, 0.25) is 0 Å². The molecule has 0 fully saturated rings. The summed E-state index contributed by atoms with van der Waals surface area (Å²) in [5, 5.41) is 0. The standard InChI is InChI=1S/C26H20N6O/c1-32(26(33)17-9-11-28-13-20(17)27)24-16-6-3-2-5-15(16)23-18(24)7-4-8-19(23)25-30-21-10-12-29-14-22(21)31-25/h2-14,24H,27H2,1H3,(H,30,31)/t24-/m1/s1. The van der Waals surface area contributed by atoms with E-state index < -0.39 is 0 Å². The quantitative estimate of drug-likeness (QED) is 0.439. The molecule has 33 heavy (non-hydrogen) atoms. The summed E-state index contributed by atoms with van der Waals surface area (Å²) in [4.78, 5) is 31.6. The number of aromatic nitrogens is 4. The lowest BCUT2D eigenvalue weighted by molar-refractivity contribution is 0.0758. The van der Waals surface area contributed by atoms with Crippen molar-refractivity contribution in [2.75, 3.05) is 12.8 Å². The molecular weight excluding hydrogens is 412 g/mol. The second-order valence-electron chi connectivity index (χ2n) is 8.12. The third-order valence-corrected chi connectivity index (χ3v) is 6.24. The van der Waals surface area contributed by atoms with Crippen LogP contribution in [0.5, 0.6) is 0 Å². The zero-order chi connectivity index (χ0) is 22.5. The van der Waals surface area contributed by atoms with Crippen LogP contribution in [0.15, 0.2) is 79.4 Å². The maximum Gasteiger partial charge on any atom is 0.256 e. The summed E-state index contributed by atoms with van der Waals surface area (Å²) in [6.07, 6.45) is 6.60. The van der Waals surface area contributed by atoms with Crippen molar-refractivity contribution in [3.05, 3.63) is 96.1 Å². The Hall–Kier alpha value is -4.52. The van der Waals surface area contributed by atoms with Crippen LogP contribution < -0.4 is 5.73 Å². The molecule has 3 N–H and O–H groups in total. The fourth-order valence-corrected chi connectivity index (χ4v) is 4.74. The number of carbonyl (C=O) groups is 1. The first-order valence-electron chi connectivity index (χ1n) is 10.6. The first-order valence-corrected chi connectivity index (χ1v) is 10.6. The molecule has 7 nitrogen and oxygen atoms in total. The van der Waals surface area contributed by atoms with Crippen molar-refractivity contribution in [1.82, 2.24) is 24.8 Å². The second-order valence-corrected chi connectivity index (χ2v) is 8.12. The number of rotatable bonds is 3. The summed E-state index contributed by atoms with van der Waals surface area (Å²) < 4.78 is 0. The Kier molecular flexibility index (Phi) is 4.23. The number of nitrogen functional groups attached to an aromatic ring is 1. The molecule has 160 valence electrons. The maximum atomic E-state index is 13.4. The van der Waals surface area contributed by atoms with Crippen LogP contribution in [0.1, 0.15) is 27.5 Å². The van der Waals surface area contributed by atoms with E-state index in [0.717, 1.165) is 44.7 Å². The number of pyridine rings is 2. The molecule has 0 saturated heterocycles. The summed E-state index contributed by atoms with van der Waals surface area (Å²) in [6.45, 7) is 0. The normalized spacial score (nSPS) is 14.2. The van der Waals surface area contributed by atoms with Gasteiger partial charge in [0.25, 0.3) is 5.91 Å². The molecule has 0 spiro atoms. The molecular formula is C26H20N6O. The van der Waals surface area contributed by atoms with E-state index in [-0.39, 0.29) is 11.9 Å². The zero-order valence-corrected chi connectivity index (χ0v) is 17.9. The monoisotopic (exact) mass is 432 g/mol. The lowest BCUT2D eigenvalue weighted by Gasteiger charge is -2.27. The van der Waals surface area contributed by atoms with Gasteiger partial charge < -0.3 is 15.6 Å². The van der Waals surface area contributed by atoms with Crippen LogP contribution in [0.4, 0.5) is 5.69 Å². The highest BCUT2D eigenvalue weighted by molar-refractivity contribution is 6.00. The van der Waals surface area contributed by atoms with Gasteiger partial charge >= 0.3 is 0 Å². The largest absolute Gasteiger partial charge is 0.397 e. The molecule has 3 aromatic heterocycles. The van der Waals surface area contributed by atoms with Gasteiger partial charge in [-0.3, -0.25) is 14.8 Å². The summed E-state index contributed by atoms with van der Waals surface area (Å²) >= 11 is 0. The number of nitrogens with zero attached hydrogens (tertiary/aromatic N) is 4. The molecule has 3 heterocycles. The van der Waals surface area contributed by atoms with E-state index in [4.69, 9.17) is 10.7 Å². The van der Waals surface area contributed by atoms with Gasteiger partial charge in [0.1, 0.15) is 5.82 Å². The number of fused-ring (bicyclic) bond motifs is 4. The topological polar surface area (TPSA) is 101 Å². The Morgan fingerprint density at radius 1 is 0.939 bits per heavy atom. The van der Waals surface area contributed by atoms with E-state index in [0.29, 0.717) is 11.3 Å². The number of amides is 1. The smallest absolute Gasteiger partial charge is 0.256 e. The van der Waals surface area contributed by atoms with Crippen LogP contribution in [-0.4, -0.2) is 37.8 Å². The van der Waals surface area contributed by atoms with E-state index >= 15 is 0 Å². The molecule has 5 aromatic rings. The van der Waals surface area contributed by atoms with Gasteiger partial charge in [0, 0.05) is 25.0 Å². The number of hydrogen-bond acceptors (Lipinski definition) is 5. The number of nitrogens with two attached hydrogens (primary N) is 1. The van der Waals surface area contributed by atoms with Gasteiger partial charge in [-0.2, -0.15) is 0 Å². The van der Waals surface area contributed by atoms with Crippen LogP contribution in [-0.2, 0) is 0 Å². The van der Waals surface area contributed by atoms with Crippen molar-refractivity contribution >= 4 is 22.6 Å². The van der Waals surface area contributed by atoms with E-state index in [1.165, 1.54) is 6.20 Å². The van der Waals surface area contributed by atoms with Gasteiger partial charge in [0.05, 0.1) is 40.7 Å². The highest BCUT2D eigenvalue weighted by atomic mass is 16.2. The fraction of sp³-hybridized carbons (Fsp3) is 0.0769. The Morgan fingerprint density at radius 2 is 1.70 bits per heavy atom. The minimum Gasteiger partial charge on any atom is -0.397 e. The van der Waals surface area contributed by atoms with Gasteiger partial charge in [-0.25, -0.2) is 4.98 Å². The minimum absolute atomic E-state index is 0.150. The highest BCUT2D eigenvalue weighted by Crippen LogP contribution is 2.49. The average Bonchev–Trinajstić information content (AvgIpc) is 3.43. The van der Waals surface area contributed by atoms with Crippen LogP contribution >= 0.6 is 0 Å². The van der Waals surface area contributed by atoms with Crippen molar-refractivity contribution in [2.45, 2.75) is 6.04 Å². The molecule has 2 aromatic carbocycles. The molecule has 1 aliphatic rings. The first-order chi connectivity index (χ1) is 16.1. The SMILES string of the molecule is CN(C(=O)c1ccncc1N)[C@@H]1c2ccccc2-c2c(-c3nc4ccncc4[nH]3)cccc21. The Balaban J connectivity index is 1.52. The Labute approximate surface area is 190 Å². The first kappa shape index (κ1) is 19.2. The number of anilines is 1. The number of carbonyl (C=O) groups excluding carboxylic acids is 1. The zero-order valence-electron chi connectivity index (χ0n) is 17.9. The van der Waals surface area contributed by atoms with E-state index in [2.05, 4.69) is 39.2 Å². The molecule has 6 rings (SSSR count). The molecule has 1 atom stereocenters. The molecule has 0 bridgehead atoms. The van der Waals surface area contributed by atoms with Crippen molar-refractivity contribution in [3.8, 4) is 22.5 Å². The fourth-order valence-electron chi connectivity index (χ4n) is 4.74. The molecule has 0 unspecified atom stereocenters. The maximum absolute atomic E-state index is 13.4. The number of nitrogens with one attached hydrogen (secondary N) is 1. The number of hydrogen-bond donors (Lipinski definition) is 2. The van der Waals surface area contributed by atoms with Gasteiger partial charge in [-0.05, 0) is 34.4 Å². The Bertz CT molecular complexity index is 1510. The number of H-pyrrole nitrogens is 1. The van der Waals surface area contributed by atoms with Gasteiger partial charge in [0.15, 0.2) is 0 Å². The summed E-state index contributed by atoms with van der Waals surface area (Å²) in [5.74, 6) is 0.625. The van der Waals surface area contributed by atoms with E-state index in [1.807, 2.05) is 31.3 Å². The van der Waals surface area contributed by atoms with Crippen molar-refractivity contribution in [2.24, 2.45) is 0 Å². The average molecular weight is 432 g/mol. The minimum atomic E-state index is -0.248. The Morgan fingerprint density at radius 3 is 2.55 bits per heavy atom. The predicted octanol–water partition coefficient (Wildman–Crippen LogP) is 4.44. The molecule has 1 aliphatic carbocycles. The molecule has 0 saturated carbocycles. The van der Waals surface area contributed by atoms with Crippen LogP contribution in [0.3, 0.4) is 0 Å². The molecule has 0 radical (unpaired) electrons. The summed E-state index contributed by atoms with van der Waals surface area (Å²) in [6, 6.07) is 17.7. The van der Waals surface area contributed by atoms with E-state index in [9.17, 15) is 4.79 Å². The van der Waals surface area contributed by atoms with Crippen molar-refractivity contribution < 1.29 is 4.79 Å². The second kappa shape index (κ2) is 7.27. The third-order valence-electron chi connectivity index (χ3n) is 6.24. The van der Waals surface area contributed by atoms with Gasteiger partial charge in [-0.15, -0.1) is 0 Å². The van der Waals surface area contributed by atoms with Gasteiger partial charge in [0.2, 0.25) is 0 Å². The lowest BCUT2D eigenvalue weighted by Crippen LogP contribution is -2.31. The van der Waals surface area contributed by atoms with Crippen molar-refractivity contribution in [1.29, 1.82) is 0 Å². The third kappa shape index (κ3) is 2.90. The predicted molar refractivity (Wildman–Crippen MR) is 127 cm³/mol. The van der Waals surface area contributed by atoms with Crippen LogP contribution in [0.25, 0.3) is 33.5 Å². The number of imidazole rings is 1. The number of aromatic amines is 1. The molecule has 1 amide bonds. The van der Waals surface area contributed by atoms with Gasteiger partial charge in [-0.1, -0.05) is 42.5 Å². The molecule has 0 aliphatic heterocycles. The van der Waals surface area contributed by atoms with Crippen LogP contribution in [0, 0.1) is 0 Å². The summed E-state index contributed by atoms with van der Waals surface area (Å²) in [7, 11) is 1.82.